The number of hydrogen-bond acceptors (Lipinski definition) is 27. The Morgan fingerprint density at radius 1 is 0.558 bits per heavy atom. The zero-order valence-electron chi connectivity index (χ0n) is 50.2. The number of ether oxygens (including phenoxy) is 10. The first kappa shape index (κ1) is 67.1. The molecule has 16 N–H and O–H groups in total. The topological polar surface area (TPSA) is 433 Å². The van der Waals surface area contributed by atoms with Gasteiger partial charge in [0.05, 0.1) is 49.7 Å². The molecule has 0 aromatic carbocycles. The molecule has 0 bridgehead atoms. The third kappa shape index (κ3) is 10.9. The van der Waals surface area contributed by atoms with Crippen LogP contribution in [0.2, 0.25) is 0 Å². The van der Waals surface area contributed by atoms with Crippen LogP contribution in [0, 0.1) is 50.7 Å². The number of carbonyl (C=O) groups is 1. The standard InChI is InChI=1S/C59H96O27/c1-23-11-16-59(53(75)86-52-46(85-50-42(72)37(67)33(63)24(2)79-50)40(70)36(66)29(82-52)22-78-48-41(71)38(68)34(64)27(19-60)80-48)18-17-56(6)25(47(59)58(23,8)76)9-10-31-55(5)14-13-32(54(3,4)30(55)12-15-57(31,56)7)83-49-44(74)45(26(62)21-77-49)84-51-43(73)39(69)35(65)28(20-61)81-51/h9,23-24,26-52,60-74,76H,10-22H2,1-8H3/t23-,24-,26-,27+,28+,29+,30-,31+,32-,33-,34+,35+,36+,37+,38-,39-,40-,41+,42+,43+,44+,45-,46+,47-,48+,49-,50-,51-,52-,55-,56+,57+,58+,59-/m0/s1. The summed E-state index contributed by atoms with van der Waals surface area (Å²) in [6.45, 7) is 13.9. The zero-order valence-corrected chi connectivity index (χ0v) is 50.2. The minimum atomic E-state index is -2.00. The van der Waals surface area contributed by atoms with Crippen molar-refractivity contribution in [3.63, 3.8) is 0 Å². The van der Waals surface area contributed by atoms with Crippen molar-refractivity contribution >= 4 is 5.97 Å². The summed E-state index contributed by atoms with van der Waals surface area (Å²) in [7, 11) is 0. The molecule has 0 radical (unpaired) electrons. The van der Waals surface area contributed by atoms with E-state index in [1.807, 2.05) is 6.92 Å². The molecule has 34 atom stereocenters. The summed E-state index contributed by atoms with van der Waals surface area (Å²) in [4.78, 5) is 15.7. The molecule has 5 saturated heterocycles. The van der Waals surface area contributed by atoms with E-state index in [2.05, 4.69) is 40.7 Å². The normalized spacial score (nSPS) is 55.6. The van der Waals surface area contributed by atoms with Crippen molar-refractivity contribution in [1.29, 1.82) is 0 Å². The Labute approximate surface area is 499 Å². The molecule has 0 amide bonds. The van der Waals surface area contributed by atoms with Gasteiger partial charge in [-0.1, -0.05) is 53.2 Å². The molecule has 27 nitrogen and oxygen atoms in total. The quantitative estimate of drug-likeness (QED) is 0.0482. The lowest BCUT2D eigenvalue weighted by Crippen LogP contribution is -2.68. The molecular formula is C59H96O27. The molecular weight excluding hydrogens is 1140 g/mol. The predicted molar refractivity (Wildman–Crippen MR) is 289 cm³/mol. The van der Waals surface area contributed by atoms with Crippen LogP contribution in [0.4, 0.5) is 0 Å². The Kier molecular flexibility index (Phi) is 19.2. The SMILES string of the molecule is C[C@@H]1O[C@@H](O[C@H]2[C@H](OC(=O)[C@]34CC[C@H](C)[C@@](C)(O)[C@@H]3C3=CC[C@@H]5[C@@]6(C)CC[C@H](O[C@@H]7OC[C@H](O)[C@H](O[C@@H]8O[C@H](CO)[C@@H](O)[C@H](O)[C@H]8O)[C@H]7O)C(C)(C)[C@@H]6CC[C@@]5(C)[C@]3(C)CC4)O[C@H](CO[C@@H]3O[C@H](CO)[C@@H](O)[C@H](O)[C@H]3O)[C@@H](O)[C@@H]2O)[C@H](O)[C@H](O)[C@H]1O. The fraction of sp³-hybridized carbons (Fsp3) is 0.949. The highest BCUT2D eigenvalue weighted by molar-refractivity contribution is 5.79. The summed E-state index contributed by atoms with van der Waals surface area (Å²) in [5, 5.41) is 174. The van der Waals surface area contributed by atoms with E-state index >= 15 is 4.79 Å². The maximum absolute atomic E-state index is 15.7. The minimum absolute atomic E-state index is 0.0796. The van der Waals surface area contributed by atoms with E-state index in [9.17, 15) is 81.7 Å². The number of esters is 1. The third-order valence-corrected chi connectivity index (χ3v) is 23.5. The van der Waals surface area contributed by atoms with Crippen molar-refractivity contribution in [2.75, 3.05) is 26.4 Å². The lowest BCUT2D eigenvalue weighted by atomic mass is 9.33. The fourth-order valence-electron chi connectivity index (χ4n) is 17.8. The van der Waals surface area contributed by atoms with Crippen LogP contribution in [-0.4, -0.2) is 273 Å². The summed E-state index contributed by atoms with van der Waals surface area (Å²) in [5.41, 5.74) is -3.72. The lowest BCUT2D eigenvalue weighted by Gasteiger charge is -2.72. The molecule has 0 unspecified atom stereocenters. The number of rotatable bonds is 13. The van der Waals surface area contributed by atoms with Crippen LogP contribution in [0.15, 0.2) is 11.6 Å². The molecule has 4 saturated carbocycles. The van der Waals surface area contributed by atoms with Gasteiger partial charge in [-0.05, 0) is 111 Å². The van der Waals surface area contributed by atoms with Crippen molar-refractivity contribution in [3.05, 3.63) is 11.6 Å². The van der Waals surface area contributed by atoms with E-state index in [1.54, 1.807) is 6.92 Å². The Balaban J connectivity index is 0.898. The molecule has 0 aromatic heterocycles. The summed E-state index contributed by atoms with van der Waals surface area (Å²) in [5.74, 6) is -1.74. The molecule has 0 aromatic rings. The van der Waals surface area contributed by atoms with Crippen molar-refractivity contribution in [2.45, 2.75) is 272 Å². The van der Waals surface area contributed by atoms with Crippen LogP contribution in [0.1, 0.15) is 113 Å². The first-order valence-electron chi connectivity index (χ1n) is 30.8. The summed E-state index contributed by atoms with van der Waals surface area (Å²) in [6.07, 6.45) is -32.8. The van der Waals surface area contributed by atoms with Crippen molar-refractivity contribution < 1.29 is 134 Å². The van der Waals surface area contributed by atoms with Crippen LogP contribution in [0.25, 0.3) is 0 Å². The number of carbonyl (C=O) groups excluding carboxylic acids is 1. The molecule has 10 aliphatic rings. The Morgan fingerprint density at radius 2 is 1.13 bits per heavy atom. The molecule has 27 heteroatoms. The molecule has 5 heterocycles. The van der Waals surface area contributed by atoms with E-state index < -0.39 is 207 Å². The van der Waals surface area contributed by atoms with Crippen LogP contribution >= 0.6 is 0 Å². The fourth-order valence-corrected chi connectivity index (χ4v) is 17.8. The number of allylic oxidation sites excluding steroid dienone is 1. The molecule has 5 aliphatic carbocycles. The second kappa shape index (κ2) is 24.6. The van der Waals surface area contributed by atoms with Gasteiger partial charge in [-0.3, -0.25) is 4.79 Å². The van der Waals surface area contributed by atoms with Gasteiger partial charge >= 0.3 is 5.97 Å². The van der Waals surface area contributed by atoms with Crippen LogP contribution < -0.4 is 0 Å². The minimum Gasteiger partial charge on any atom is -0.432 e. The van der Waals surface area contributed by atoms with Crippen LogP contribution in [-0.2, 0) is 52.2 Å². The van der Waals surface area contributed by atoms with Gasteiger partial charge in [-0.25, -0.2) is 0 Å². The smallest absolute Gasteiger partial charge is 0.315 e. The van der Waals surface area contributed by atoms with E-state index in [0.717, 1.165) is 24.8 Å². The van der Waals surface area contributed by atoms with E-state index in [1.165, 1.54) is 6.92 Å². The predicted octanol–water partition coefficient (Wildman–Crippen LogP) is -3.57. The molecule has 10 rings (SSSR count). The number of aliphatic hydroxyl groups is 16. The van der Waals surface area contributed by atoms with Crippen molar-refractivity contribution in [2.24, 2.45) is 50.7 Å². The highest BCUT2D eigenvalue weighted by atomic mass is 16.8. The summed E-state index contributed by atoms with van der Waals surface area (Å²) < 4.78 is 59.7. The molecule has 0 spiro atoms. The Bertz CT molecular complexity index is 2400. The first-order chi connectivity index (χ1) is 40.2. The maximum Gasteiger partial charge on any atom is 0.315 e. The van der Waals surface area contributed by atoms with Gasteiger partial charge in [0, 0.05) is 5.92 Å². The van der Waals surface area contributed by atoms with Gasteiger partial charge in [-0.2, -0.15) is 0 Å². The van der Waals surface area contributed by atoms with E-state index in [4.69, 9.17) is 47.4 Å². The third-order valence-electron chi connectivity index (χ3n) is 23.5. The van der Waals surface area contributed by atoms with Crippen LogP contribution in [0.5, 0.6) is 0 Å². The van der Waals surface area contributed by atoms with Gasteiger partial charge < -0.3 is 129 Å². The lowest BCUT2D eigenvalue weighted by molar-refractivity contribution is -0.366. The van der Waals surface area contributed by atoms with Crippen molar-refractivity contribution in [3.8, 4) is 0 Å². The van der Waals surface area contributed by atoms with E-state index in [-0.39, 0.29) is 48.0 Å². The van der Waals surface area contributed by atoms with Crippen molar-refractivity contribution in [1.82, 2.24) is 0 Å². The number of fused-ring (bicyclic) bond motifs is 7. The van der Waals surface area contributed by atoms with Gasteiger partial charge in [0.15, 0.2) is 31.3 Å². The monoisotopic (exact) mass is 1240 g/mol. The first-order valence-corrected chi connectivity index (χ1v) is 30.8. The molecule has 494 valence electrons. The zero-order chi connectivity index (χ0) is 62.9. The maximum atomic E-state index is 15.7. The Hall–Kier alpha value is -1.79. The molecule has 9 fully saturated rings. The average molecular weight is 1240 g/mol. The average Bonchev–Trinajstić information content (AvgIpc) is 0.681. The van der Waals surface area contributed by atoms with Gasteiger partial charge in [0.2, 0.25) is 6.29 Å². The molecule has 86 heavy (non-hydrogen) atoms. The highest BCUT2D eigenvalue weighted by Gasteiger charge is 2.72. The summed E-state index contributed by atoms with van der Waals surface area (Å²) in [6, 6.07) is 0. The van der Waals surface area contributed by atoms with Gasteiger partial charge in [-0.15, -0.1) is 0 Å². The van der Waals surface area contributed by atoms with Gasteiger partial charge in [0.1, 0.15) is 104 Å². The van der Waals surface area contributed by atoms with Crippen LogP contribution in [0.3, 0.4) is 0 Å². The Morgan fingerprint density at radius 3 is 1.77 bits per heavy atom. The number of hydrogen-bond donors (Lipinski definition) is 16. The van der Waals surface area contributed by atoms with E-state index in [0.29, 0.717) is 25.7 Å². The van der Waals surface area contributed by atoms with Gasteiger partial charge in [0.25, 0.3) is 0 Å². The molecule has 5 aliphatic heterocycles. The number of aliphatic hydroxyl groups excluding tert-OH is 15. The largest absolute Gasteiger partial charge is 0.432 e. The second-order valence-electron chi connectivity index (χ2n) is 28.3. The summed E-state index contributed by atoms with van der Waals surface area (Å²) >= 11 is 0. The second-order valence-corrected chi connectivity index (χ2v) is 28.3. The highest BCUT2D eigenvalue weighted by Crippen LogP contribution is 2.76.